The summed E-state index contributed by atoms with van der Waals surface area (Å²) in [6.07, 6.45) is 2.06. The molecule has 8 heteroatoms. The fourth-order valence-electron chi connectivity index (χ4n) is 2.95. The number of anilines is 1. The Hall–Kier alpha value is -1.54. The number of nitrogens with one attached hydrogen (secondary N) is 1. The summed E-state index contributed by atoms with van der Waals surface area (Å²) in [7, 11) is -1.11. The summed E-state index contributed by atoms with van der Waals surface area (Å²) < 4.78 is 23.2. The van der Waals surface area contributed by atoms with E-state index in [9.17, 15) is 13.2 Å². The summed E-state index contributed by atoms with van der Waals surface area (Å²) in [4.78, 5) is 18.5. The minimum Gasteiger partial charge on any atom is -0.342 e. The molecule has 6 nitrogen and oxygen atoms in total. The first-order valence-electron chi connectivity index (χ1n) is 8.45. The lowest BCUT2D eigenvalue weighted by atomic mass is 10.2. The van der Waals surface area contributed by atoms with Crippen molar-refractivity contribution in [1.29, 1.82) is 0 Å². The van der Waals surface area contributed by atoms with Crippen LogP contribution in [0.15, 0.2) is 29.3 Å². The normalized spacial score (nSPS) is 23.8. The topological polar surface area (TPSA) is 78.8 Å². The van der Waals surface area contributed by atoms with E-state index in [1.54, 1.807) is 17.0 Å². The zero-order valence-electron chi connectivity index (χ0n) is 14.4. The van der Waals surface area contributed by atoms with Crippen LogP contribution in [0.25, 0.3) is 0 Å². The van der Waals surface area contributed by atoms with Gasteiger partial charge in [-0.25, -0.2) is 8.42 Å². The lowest BCUT2D eigenvalue weighted by molar-refractivity contribution is 0.0793. The molecule has 2 atom stereocenters. The number of rotatable bonds is 5. The molecule has 1 amide bonds. The van der Waals surface area contributed by atoms with E-state index < -0.39 is 9.84 Å². The lowest BCUT2D eigenvalue weighted by Gasteiger charge is -2.17. The van der Waals surface area contributed by atoms with Gasteiger partial charge in [-0.15, -0.1) is 0 Å². The molecule has 1 N–H and O–H groups in total. The van der Waals surface area contributed by atoms with Gasteiger partial charge in [-0.3, -0.25) is 9.79 Å². The highest BCUT2D eigenvalue weighted by atomic mass is 32.2. The number of thioether (sulfide) groups is 1. The molecule has 25 heavy (non-hydrogen) atoms. The molecule has 2 aliphatic heterocycles. The third-order valence-corrected chi connectivity index (χ3v) is 7.54. The highest BCUT2D eigenvalue weighted by Gasteiger charge is 2.42. The van der Waals surface area contributed by atoms with E-state index in [0.717, 1.165) is 30.2 Å². The van der Waals surface area contributed by atoms with E-state index in [1.165, 1.54) is 11.8 Å². The van der Waals surface area contributed by atoms with Crippen LogP contribution >= 0.6 is 11.8 Å². The maximum Gasteiger partial charge on any atom is 0.253 e. The van der Waals surface area contributed by atoms with Gasteiger partial charge >= 0.3 is 0 Å². The van der Waals surface area contributed by atoms with Gasteiger partial charge < -0.3 is 10.2 Å². The molecule has 136 valence electrons. The van der Waals surface area contributed by atoms with E-state index in [1.807, 2.05) is 19.2 Å². The predicted octanol–water partition coefficient (Wildman–Crippen LogP) is 2.24. The Kier molecular flexibility index (Phi) is 5.38. The van der Waals surface area contributed by atoms with Crippen molar-refractivity contribution < 1.29 is 13.2 Å². The van der Waals surface area contributed by atoms with Crippen LogP contribution in [0.4, 0.5) is 5.69 Å². The summed E-state index contributed by atoms with van der Waals surface area (Å²) >= 11 is 1.49. The van der Waals surface area contributed by atoms with Crippen molar-refractivity contribution in [1.82, 2.24) is 4.90 Å². The third-order valence-electron chi connectivity index (χ3n) is 4.40. The lowest BCUT2D eigenvalue weighted by Crippen LogP contribution is -2.27. The average molecular weight is 382 g/mol. The van der Waals surface area contributed by atoms with Crippen molar-refractivity contribution in [2.75, 3.05) is 30.4 Å². The second-order valence-corrected chi connectivity index (χ2v) is 9.90. The molecule has 0 bridgehead atoms. The van der Waals surface area contributed by atoms with Crippen LogP contribution in [0.2, 0.25) is 0 Å². The van der Waals surface area contributed by atoms with E-state index >= 15 is 0 Å². The van der Waals surface area contributed by atoms with E-state index in [4.69, 9.17) is 0 Å². The van der Waals surface area contributed by atoms with Gasteiger partial charge in [0.1, 0.15) is 0 Å². The molecule has 0 aliphatic carbocycles. The number of fused-ring (bicyclic) bond motifs is 1. The molecule has 1 aromatic rings. The summed E-state index contributed by atoms with van der Waals surface area (Å²) in [5.74, 6) is 0.370. The summed E-state index contributed by atoms with van der Waals surface area (Å²) in [6, 6.07) is 7.19. The van der Waals surface area contributed by atoms with Crippen LogP contribution in [-0.2, 0) is 9.84 Å². The molecule has 2 heterocycles. The number of amides is 1. The zero-order chi connectivity index (χ0) is 18.0. The zero-order valence-corrected chi connectivity index (χ0v) is 16.1. The van der Waals surface area contributed by atoms with Crippen molar-refractivity contribution in [3.05, 3.63) is 29.8 Å². The van der Waals surface area contributed by atoms with Gasteiger partial charge in [-0.05, 0) is 30.7 Å². The Morgan fingerprint density at radius 3 is 2.68 bits per heavy atom. The van der Waals surface area contributed by atoms with Gasteiger partial charge in [-0.1, -0.05) is 25.1 Å². The van der Waals surface area contributed by atoms with Gasteiger partial charge in [0.15, 0.2) is 15.0 Å². The first-order valence-corrected chi connectivity index (χ1v) is 11.2. The molecule has 0 aromatic heterocycles. The van der Waals surface area contributed by atoms with Crippen LogP contribution in [0.3, 0.4) is 0 Å². The molecule has 0 spiro atoms. The highest BCUT2D eigenvalue weighted by Crippen LogP contribution is 2.34. The molecule has 1 saturated heterocycles. The maximum atomic E-state index is 12.3. The van der Waals surface area contributed by atoms with Crippen molar-refractivity contribution in [3.63, 3.8) is 0 Å². The second kappa shape index (κ2) is 7.37. The third kappa shape index (κ3) is 4.36. The number of aliphatic imine (C=N–C) groups is 1. The van der Waals surface area contributed by atoms with Crippen molar-refractivity contribution in [2.45, 2.75) is 31.1 Å². The summed E-state index contributed by atoms with van der Waals surface area (Å²) in [5.41, 5.74) is 1.51. The number of carbonyl (C=O) groups is 1. The van der Waals surface area contributed by atoms with Crippen LogP contribution in [-0.4, -0.2) is 60.8 Å². The van der Waals surface area contributed by atoms with Crippen LogP contribution < -0.4 is 5.32 Å². The number of hydrogen-bond donors (Lipinski definition) is 1. The van der Waals surface area contributed by atoms with Crippen LogP contribution in [0.5, 0.6) is 0 Å². The number of hydrogen-bond acceptors (Lipinski definition) is 6. The fourth-order valence-corrected chi connectivity index (χ4v) is 6.63. The average Bonchev–Trinajstić information content (AvgIpc) is 3.05. The minimum absolute atomic E-state index is 0.0207. The number of amidine groups is 1. The number of benzene rings is 1. The van der Waals surface area contributed by atoms with E-state index in [0.29, 0.717) is 5.56 Å². The molecular formula is C17H23N3O3S2. The fraction of sp³-hybridized carbons (Fsp3) is 0.529. The summed E-state index contributed by atoms with van der Waals surface area (Å²) in [5, 5.41) is 4.00. The Labute approximate surface area is 153 Å². The molecule has 0 radical (unpaired) electrons. The molecule has 1 aromatic carbocycles. The SMILES string of the molecule is CCCCN(C)C(=O)c1ccc(NC2=NC3CS(=O)(=O)CC3S2)cc1. The largest absolute Gasteiger partial charge is 0.342 e. The highest BCUT2D eigenvalue weighted by molar-refractivity contribution is 8.15. The maximum absolute atomic E-state index is 12.3. The smallest absolute Gasteiger partial charge is 0.253 e. The van der Waals surface area contributed by atoms with Crippen LogP contribution in [0, 0.1) is 0 Å². The molecular weight excluding hydrogens is 358 g/mol. The Morgan fingerprint density at radius 2 is 2.04 bits per heavy atom. The molecule has 2 aliphatic rings. The number of unbranched alkanes of at least 4 members (excludes halogenated alkanes) is 1. The van der Waals surface area contributed by atoms with E-state index in [2.05, 4.69) is 17.2 Å². The van der Waals surface area contributed by atoms with Crippen molar-refractivity contribution in [2.24, 2.45) is 4.99 Å². The van der Waals surface area contributed by atoms with Gasteiger partial charge in [0, 0.05) is 30.1 Å². The van der Waals surface area contributed by atoms with Gasteiger partial charge in [0.2, 0.25) is 0 Å². The monoisotopic (exact) mass is 381 g/mol. The van der Waals surface area contributed by atoms with E-state index in [-0.39, 0.29) is 28.7 Å². The standard InChI is InChI=1S/C17H23N3O3S2/c1-3-4-9-20(2)16(21)12-5-7-13(8-6-12)18-17-19-14-10-25(22,23)11-15(14)24-17/h5-8,14-15H,3-4,9-11H2,1-2H3,(H,18,19). The van der Waals surface area contributed by atoms with Gasteiger partial charge in [0.25, 0.3) is 5.91 Å². The van der Waals surface area contributed by atoms with Gasteiger partial charge in [0.05, 0.1) is 17.5 Å². The quantitative estimate of drug-likeness (QED) is 0.846. The van der Waals surface area contributed by atoms with Crippen LogP contribution in [0.1, 0.15) is 30.1 Å². The summed E-state index contributed by atoms with van der Waals surface area (Å²) in [6.45, 7) is 2.86. The molecule has 0 saturated carbocycles. The number of carbonyl (C=O) groups excluding carboxylic acids is 1. The molecule has 2 unspecified atom stereocenters. The van der Waals surface area contributed by atoms with Crippen molar-refractivity contribution in [3.8, 4) is 0 Å². The first kappa shape index (κ1) is 18.3. The first-order chi connectivity index (χ1) is 11.9. The number of sulfone groups is 1. The Balaban J connectivity index is 1.59. The number of nitrogens with zero attached hydrogens (tertiary/aromatic N) is 2. The molecule has 1 fully saturated rings. The minimum atomic E-state index is -2.93. The molecule has 3 rings (SSSR count). The Morgan fingerprint density at radius 1 is 1.32 bits per heavy atom. The second-order valence-electron chi connectivity index (χ2n) is 6.52. The predicted molar refractivity (Wildman–Crippen MR) is 103 cm³/mol. The Bertz CT molecular complexity index is 775. The van der Waals surface area contributed by atoms with Gasteiger partial charge in [-0.2, -0.15) is 0 Å². The van der Waals surface area contributed by atoms with Crippen molar-refractivity contribution >= 4 is 38.4 Å².